The number of halogens is 1. The molecule has 1 aromatic heterocycles. The van der Waals surface area contributed by atoms with Crippen molar-refractivity contribution in [1.82, 2.24) is 25.6 Å². The van der Waals surface area contributed by atoms with Crippen molar-refractivity contribution in [1.29, 1.82) is 5.41 Å². The monoisotopic (exact) mass is 615 g/mol. The summed E-state index contributed by atoms with van der Waals surface area (Å²) >= 11 is 6.68. The molecule has 1 heterocycles. The molecule has 13 heteroatoms. The molecular formula is C31H34ClN9O3. The van der Waals surface area contributed by atoms with Gasteiger partial charge in [-0.25, -0.2) is 10.4 Å². The smallest absolute Gasteiger partial charge is 0.295 e. The molecule has 0 saturated heterocycles. The minimum Gasteiger partial charge on any atom is -0.399 e. The Morgan fingerprint density at radius 3 is 2.30 bits per heavy atom. The lowest BCUT2D eigenvalue weighted by Gasteiger charge is -2.22. The molecule has 0 fully saturated rings. The number of amidine groups is 1. The summed E-state index contributed by atoms with van der Waals surface area (Å²) in [5.41, 5.74) is 17.4. The largest absolute Gasteiger partial charge is 0.399 e. The number of hydrazine groups is 1. The van der Waals surface area contributed by atoms with Gasteiger partial charge in [-0.05, 0) is 29.3 Å². The maximum Gasteiger partial charge on any atom is 0.295 e. The lowest BCUT2D eigenvalue weighted by atomic mass is 10.1. The van der Waals surface area contributed by atoms with Gasteiger partial charge < -0.3 is 22.1 Å². The summed E-state index contributed by atoms with van der Waals surface area (Å²) in [5, 5.41) is 14.6. The number of carbonyl (C=O) groups is 2. The Morgan fingerprint density at radius 2 is 1.64 bits per heavy atom. The second-order valence-corrected chi connectivity index (χ2v) is 10.3. The number of amides is 2. The van der Waals surface area contributed by atoms with Crippen molar-refractivity contribution in [2.24, 2.45) is 5.73 Å². The Balaban J connectivity index is 1.67. The van der Waals surface area contributed by atoms with E-state index in [1.807, 2.05) is 37.3 Å². The van der Waals surface area contributed by atoms with E-state index in [-0.39, 0.29) is 52.7 Å². The predicted molar refractivity (Wildman–Crippen MR) is 172 cm³/mol. The summed E-state index contributed by atoms with van der Waals surface area (Å²) in [7, 11) is 1.62. The van der Waals surface area contributed by atoms with E-state index in [0.717, 1.165) is 11.1 Å². The zero-order valence-electron chi connectivity index (χ0n) is 24.4. The number of nitrogens with two attached hydrogens (primary N) is 2. The van der Waals surface area contributed by atoms with Crippen molar-refractivity contribution < 1.29 is 9.59 Å². The second kappa shape index (κ2) is 14.3. The molecule has 4 rings (SSSR count). The van der Waals surface area contributed by atoms with Crippen molar-refractivity contribution in [3.63, 3.8) is 0 Å². The molecule has 3 aromatic carbocycles. The first-order valence-electron chi connectivity index (χ1n) is 13.8. The number of carbonyl (C=O) groups excluding carboxylic acids is 2. The molecule has 0 radical (unpaired) electrons. The van der Waals surface area contributed by atoms with E-state index in [1.54, 1.807) is 43.4 Å². The third-order valence-corrected chi connectivity index (χ3v) is 6.93. The van der Waals surface area contributed by atoms with Crippen LogP contribution < -0.4 is 38.1 Å². The van der Waals surface area contributed by atoms with Gasteiger partial charge in [-0.3, -0.25) is 29.4 Å². The van der Waals surface area contributed by atoms with Crippen molar-refractivity contribution in [2.45, 2.75) is 26.6 Å². The molecule has 0 aliphatic heterocycles. The zero-order valence-corrected chi connectivity index (χ0v) is 25.1. The summed E-state index contributed by atoms with van der Waals surface area (Å²) < 4.78 is 1.22. The van der Waals surface area contributed by atoms with Gasteiger partial charge in [-0.1, -0.05) is 73.1 Å². The van der Waals surface area contributed by atoms with E-state index in [1.165, 1.54) is 15.6 Å². The maximum atomic E-state index is 13.7. The highest BCUT2D eigenvalue weighted by molar-refractivity contribution is 6.32. The molecular weight excluding hydrogens is 582 g/mol. The van der Waals surface area contributed by atoms with Crippen LogP contribution in [0, 0.1) is 5.41 Å². The fraction of sp³-hybridized carbons (Fsp3) is 0.194. The number of nitrogen functional groups attached to an aromatic ring is 2. The highest BCUT2D eigenvalue weighted by atomic mass is 35.5. The molecule has 8 N–H and O–H groups in total. The standard InChI is InChI=1S/C31H34ClN9O3/c1-3-38-40(2)29-31(44)41(18-25(42)36-16-20-9-11-21(12-10-20)28(34)35)26(27(32)39-29)22-13-23(15-24(33)14-22)30(43)37-17-19-7-5-4-6-8-19/h4-15,38H,3,16-18,33H2,1-2H3,(H3,34,35)(H,36,42)(H,37,43). The van der Waals surface area contributed by atoms with Crippen LogP contribution in [-0.4, -0.2) is 40.8 Å². The van der Waals surface area contributed by atoms with Gasteiger partial charge in [0.05, 0.1) is 5.69 Å². The quantitative estimate of drug-likeness (QED) is 0.0608. The first-order valence-corrected chi connectivity index (χ1v) is 14.2. The Morgan fingerprint density at radius 1 is 0.977 bits per heavy atom. The topological polar surface area (TPSA) is 184 Å². The SMILES string of the molecule is CCNN(C)c1nc(Cl)c(-c2cc(N)cc(C(=O)NCc3ccccc3)c2)n(CC(=O)NCc2ccc(C(=N)N)cc2)c1=O. The molecule has 0 atom stereocenters. The normalized spacial score (nSPS) is 10.7. The number of anilines is 2. The highest BCUT2D eigenvalue weighted by Gasteiger charge is 2.22. The molecule has 0 unspecified atom stereocenters. The lowest BCUT2D eigenvalue weighted by molar-refractivity contribution is -0.121. The zero-order chi connectivity index (χ0) is 31.8. The van der Waals surface area contributed by atoms with Crippen LogP contribution in [0.5, 0.6) is 0 Å². The predicted octanol–water partition coefficient (Wildman–Crippen LogP) is 2.64. The van der Waals surface area contributed by atoms with E-state index in [4.69, 9.17) is 28.5 Å². The van der Waals surface area contributed by atoms with Gasteiger partial charge in [0.15, 0.2) is 5.15 Å². The van der Waals surface area contributed by atoms with Crippen LogP contribution in [0.1, 0.15) is 34.0 Å². The van der Waals surface area contributed by atoms with Gasteiger partial charge in [0.1, 0.15) is 12.4 Å². The fourth-order valence-corrected chi connectivity index (χ4v) is 4.78. The average molecular weight is 616 g/mol. The van der Waals surface area contributed by atoms with Gasteiger partial charge in [-0.15, -0.1) is 0 Å². The van der Waals surface area contributed by atoms with Crippen LogP contribution in [0.15, 0.2) is 77.6 Å². The summed E-state index contributed by atoms with van der Waals surface area (Å²) in [4.78, 5) is 44.3. The van der Waals surface area contributed by atoms with Gasteiger partial charge in [-0.2, -0.15) is 0 Å². The van der Waals surface area contributed by atoms with Crippen LogP contribution in [-0.2, 0) is 24.4 Å². The Bertz CT molecular complexity index is 1720. The first kappa shape index (κ1) is 31.7. The van der Waals surface area contributed by atoms with Crippen LogP contribution >= 0.6 is 11.6 Å². The molecule has 0 aliphatic rings. The van der Waals surface area contributed by atoms with E-state index in [0.29, 0.717) is 24.2 Å². The number of rotatable bonds is 12. The number of aromatic nitrogens is 2. The number of benzene rings is 3. The van der Waals surface area contributed by atoms with E-state index in [9.17, 15) is 14.4 Å². The van der Waals surface area contributed by atoms with Crippen LogP contribution in [0.2, 0.25) is 5.15 Å². The summed E-state index contributed by atoms with van der Waals surface area (Å²) in [6, 6.07) is 20.9. The summed E-state index contributed by atoms with van der Waals surface area (Å²) in [6.45, 7) is 2.46. The van der Waals surface area contributed by atoms with Gasteiger partial charge >= 0.3 is 0 Å². The maximum absolute atomic E-state index is 13.7. The van der Waals surface area contributed by atoms with Crippen LogP contribution in [0.25, 0.3) is 11.3 Å². The van der Waals surface area contributed by atoms with Crippen molar-refractivity contribution in [3.8, 4) is 11.3 Å². The Hall–Kier alpha value is -5.20. The average Bonchev–Trinajstić information content (AvgIpc) is 3.01. The molecule has 0 bridgehead atoms. The van der Waals surface area contributed by atoms with E-state index < -0.39 is 11.5 Å². The van der Waals surface area contributed by atoms with Crippen LogP contribution in [0.3, 0.4) is 0 Å². The molecule has 228 valence electrons. The third kappa shape index (κ3) is 7.79. The molecule has 44 heavy (non-hydrogen) atoms. The summed E-state index contributed by atoms with van der Waals surface area (Å²) in [5.74, 6) is -0.915. The molecule has 0 aliphatic carbocycles. The van der Waals surface area contributed by atoms with Crippen molar-refractivity contribution in [2.75, 3.05) is 24.3 Å². The molecule has 0 saturated carbocycles. The number of nitrogens with zero attached hydrogens (tertiary/aromatic N) is 3. The minimum absolute atomic E-state index is 0.0158. The number of nitrogens with one attached hydrogen (secondary N) is 4. The van der Waals surface area contributed by atoms with Crippen LogP contribution in [0.4, 0.5) is 11.5 Å². The lowest BCUT2D eigenvalue weighted by Crippen LogP contribution is -2.42. The van der Waals surface area contributed by atoms with Crippen molar-refractivity contribution >= 4 is 40.8 Å². The molecule has 2 amide bonds. The van der Waals surface area contributed by atoms with E-state index in [2.05, 4.69) is 21.0 Å². The van der Waals surface area contributed by atoms with Crippen molar-refractivity contribution in [3.05, 3.63) is 111 Å². The van der Waals surface area contributed by atoms with Gasteiger partial charge in [0, 0.05) is 49.1 Å². The highest BCUT2D eigenvalue weighted by Crippen LogP contribution is 2.29. The third-order valence-electron chi connectivity index (χ3n) is 6.66. The van der Waals surface area contributed by atoms with Gasteiger partial charge in [0.25, 0.3) is 11.5 Å². The fourth-order valence-electron chi connectivity index (χ4n) is 4.49. The minimum atomic E-state index is -0.577. The number of hydrogen-bond donors (Lipinski definition) is 6. The molecule has 12 nitrogen and oxygen atoms in total. The summed E-state index contributed by atoms with van der Waals surface area (Å²) in [6.07, 6.45) is 0. The Kier molecular flexibility index (Phi) is 10.3. The number of hydrogen-bond acceptors (Lipinski definition) is 8. The Labute approximate surface area is 259 Å². The molecule has 4 aromatic rings. The van der Waals surface area contributed by atoms with Gasteiger partial charge in [0.2, 0.25) is 11.7 Å². The molecule has 0 spiro atoms. The van der Waals surface area contributed by atoms with E-state index >= 15 is 0 Å². The second-order valence-electron chi connectivity index (χ2n) is 9.94. The first-order chi connectivity index (χ1) is 21.1.